The average Bonchev–Trinajstić information content (AvgIpc) is 3.18. The average molecular weight is 502 g/mol. The van der Waals surface area contributed by atoms with E-state index in [1.54, 1.807) is 4.90 Å². The van der Waals surface area contributed by atoms with Crippen LogP contribution in [0, 0.1) is 5.82 Å². The smallest absolute Gasteiger partial charge is 0.290 e. The fraction of sp³-hybridized carbons (Fsp3) is 0.267. The Labute approximate surface area is 214 Å². The highest BCUT2D eigenvalue weighted by Crippen LogP contribution is 2.38. The first-order chi connectivity index (χ1) is 17.9. The van der Waals surface area contributed by atoms with Gasteiger partial charge in [0.25, 0.3) is 5.91 Å². The minimum atomic E-state index is -0.659. The van der Waals surface area contributed by atoms with Gasteiger partial charge in [0.2, 0.25) is 5.76 Å². The SMILES string of the molecule is CC(C)OCCCN1C(=O)c2oc3ccc(F)cc3c(=O)c2C1c1ccc(OCc2ccccc2)cc1. The first-order valence-electron chi connectivity index (χ1n) is 12.4. The first kappa shape index (κ1) is 24.7. The number of hydrogen-bond acceptors (Lipinski definition) is 5. The predicted octanol–water partition coefficient (Wildman–Crippen LogP) is 5.87. The Kier molecular flexibility index (Phi) is 7.06. The summed E-state index contributed by atoms with van der Waals surface area (Å²) < 4.78 is 31.4. The lowest BCUT2D eigenvalue weighted by molar-refractivity contribution is 0.0593. The molecule has 1 aliphatic heterocycles. The van der Waals surface area contributed by atoms with Crippen LogP contribution in [0.1, 0.15) is 53.6 Å². The van der Waals surface area contributed by atoms with E-state index in [1.807, 2.05) is 68.4 Å². The topological polar surface area (TPSA) is 69.0 Å². The van der Waals surface area contributed by atoms with Gasteiger partial charge in [-0.1, -0.05) is 42.5 Å². The molecule has 0 bridgehead atoms. The molecule has 190 valence electrons. The third-order valence-corrected chi connectivity index (χ3v) is 6.37. The van der Waals surface area contributed by atoms with Gasteiger partial charge < -0.3 is 18.8 Å². The van der Waals surface area contributed by atoms with Crippen LogP contribution in [-0.2, 0) is 11.3 Å². The van der Waals surface area contributed by atoms with Crippen LogP contribution in [0.3, 0.4) is 0 Å². The quantitative estimate of drug-likeness (QED) is 0.268. The number of hydrogen-bond donors (Lipinski definition) is 0. The largest absolute Gasteiger partial charge is 0.489 e. The minimum absolute atomic E-state index is 0.00305. The fourth-order valence-electron chi connectivity index (χ4n) is 4.61. The van der Waals surface area contributed by atoms with Crippen molar-refractivity contribution in [2.75, 3.05) is 13.2 Å². The van der Waals surface area contributed by atoms with Crippen molar-refractivity contribution in [3.8, 4) is 5.75 Å². The molecule has 1 unspecified atom stereocenters. The van der Waals surface area contributed by atoms with E-state index in [1.165, 1.54) is 12.1 Å². The van der Waals surface area contributed by atoms with Gasteiger partial charge in [-0.3, -0.25) is 9.59 Å². The van der Waals surface area contributed by atoms with E-state index < -0.39 is 17.3 Å². The van der Waals surface area contributed by atoms with Gasteiger partial charge in [-0.25, -0.2) is 4.39 Å². The molecule has 1 amide bonds. The van der Waals surface area contributed by atoms with Crippen molar-refractivity contribution in [2.45, 2.75) is 39.0 Å². The first-order valence-corrected chi connectivity index (χ1v) is 12.4. The standard InChI is InChI=1S/C30H28FNO5/c1-19(2)35-16-6-15-32-27(21-9-12-23(13-10-21)36-18-20-7-4-3-5-8-20)26-28(33)24-17-22(31)11-14-25(24)37-29(26)30(32)34/h3-5,7-14,17,19,27H,6,15-16,18H2,1-2H3. The summed E-state index contributed by atoms with van der Waals surface area (Å²) in [4.78, 5) is 28.6. The van der Waals surface area contributed by atoms with Gasteiger partial charge in [0.05, 0.1) is 23.1 Å². The van der Waals surface area contributed by atoms with Gasteiger partial charge in [-0.05, 0) is 61.7 Å². The Morgan fingerprint density at radius 1 is 1.00 bits per heavy atom. The highest BCUT2D eigenvalue weighted by atomic mass is 19.1. The van der Waals surface area contributed by atoms with E-state index in [9.17, 15) is 14.0 Å². The molecule has 6 nitrogen and oxygen atoms in total. The maximum atomic E-state index is 14.0. The second-order valence-corrected chi connectivity index (χ2v) is 9.33. The highest BCUT2D eigenvalue weighted by Gasteiger charge is 2.42. The molecule has 0 aliphatic carbocycles. The number of carbonyl (C=O) groups excluding carboxylic acids is 1. The molecule has 2 heterocycles. The molecular formula is C30H28FNO5. The maximum absolute atomic E-state index is 14.0. The summed E-state index contributed by atoms with van der Waals surface area (Å²) in [6.07, 6.45) is 0.670. The number of ether oxygens (including phenoxy) is 2. The molecule has 0 fully saturated rings. The number of benzene rings is 3. The molecule has 0 spiro atoms. The molecule has 3 aromatic carbocycles. The lowest BCUT2D eigenvalue weighted by Crippen LogP contribution is -2.31. The molecule has 0 radical (unpaired) electrons. The summed E-state index contributed by atoms with van der Waals surface area (Å²) in [7, 11) is 0. The van der Waals surface area contributed by atoms with Crippen molar-refractivity contribution < 1.29 is 23.1 Å². The van der Waals surface area contributed by atoms with Crippen LogP contribution >= 0.6 is 0 Å². The monoisotopic (exact) mass is 501 g/mol. The second kappa shape index (κ2) is 10.6. The number of fused-ring (bicyclic) bond motifs is 2. The molecular weight excluding hydrogens is 473 g/mol. The zero-order valence-corrected chi connectivity index (χ0v) is 20.8. The molecule has 0 saturated heterocycles. The summed E-state index contributed by atoms with van der Waals surface area (Å²) >= 11 is 0. The van der Waals surface area contributed by atoms with Crippen LogP contribution in [0.25, 0.3) is 11.0 Å². The van der Waals surface area contributed by atoms with Crippen LogP contribution in [-0.4, -0.2) is 30.1 Å². The molecule has 5 rings (SSSR count). The zero-order chi connectivity index (χ0) is 25.9. The van der Waals surface area contributed by atoms with E-state index in [4.69, 9.17) is 13.9 Å². The van der Waals surface area contributed by atoms with E-state index in [2.05, 4.69) is 0 Å². The van der Waals surface area contributed by atoms with Crippen LogP contribution in [0.2, 0.25) is 0 Å². The Morgan fingerprint density at radius 2 is 1.76 bits per heavy atom. The summed E-state index contributed by atoms with van der Waals surface area (Å²) in [5, 5.41) is 0.115. The van der Waals surface area contributed by atoms with Crippen molar-refractivity contribution in [1.29, 1.82) is 0 Å². The third-order valence-electron chi connectivity index (χ3n) is 6.37. The van der Waals surface area contributed by atoms with Crippen LogP contribution in [0.5, 0.6) is 5.75 Å². The highest BCUT2D eigenvalue weighted by molar-refractivity contribution is 5.99. The molecule has 4 aromatic rings. The molecule has 37 heavy (non-hydrogen) atoms. The summed E-state index contributed by atoms with van der Waals surface area (Å²) in [5.41, 5.74) is 1.80. The summed E-state index contributed by atoms with van der Waals surface area (Å²) in [5.74, 6) is -0.231. The summed E-state index contributed by atoms with van der Waals surface area (Å²) in [6, 6.07) is 20.3. The summed E-state index contributed by atoms with van der Waals surface area (Å²) in [6.45, 7) is 5.18. The van der Waals surface area contributed by atoms with Crippen molar-refractivity contribution in [3.63, 3.8) is 0 Å². The van der Waals surface area contributed by atoms with Gasteiger partial charge >= 0.3 is 0 Å². The van der Waals surface area contributed by atoms with Crippen molar-refractivity contribution >= 4 is 16.9 Å². The van der Waals surface area contributed by atoms with Gasteiger partial charge in [0.1, 0.15) is 23.8 Å². The number of amides is 1. The van der Waals surface area contributed by atoms with Gasteiger partial charge in [-0.15, -0.1) is 0 Å². The van der Waals surface area contributed by atoms with Crippen molar-refractivity contribution in [2.24, 2.45) is 0 Å². The Bertz CT molecular complexity index is 1460. The lowest BCUT2D eigenvalue weighted by atomic mass is 9.98. The molecule has 1 aliphatic rings. The van der Waals surface area contributed by atoms with E-state index in [0.717, 1.165) is 17.2 Å². The Morgan fingerprint density at radius 3 is 2.49 bits per heavy atom. The van der Waals surface area contributed by atoms with Crippen molar-refractivity contribution in [3.05, 3.63) is 111 Å². The normalized spacial score (nSPS) is 15.0. The van der Waals surface area contributed by atoms with Crippen LogP contribution < -0.4 is 10.2 Å². The molecule has 1 atom stereocenters. The van der Waals surface area contributed by atoms with E-state index in [0.29, 0.717) is 31.9 Å². The van der Waals surface area contributed by atoms with E-state index in [-0.39, 0.29) is 34.3 Å². The molecule has 0 N–H and O–H groups in total. The number of rotatable bonds is 9. The Hall–Kier alpha value is -3.97. The second-order valence-electron chi connectivity index (χ2n) is 9.33. The zero-order valence-electron chi connectivity index (χ0n) is 20.8. The molecule has 0 saturated carbocycles. The number of carbonyl (C=O) groups is 1. The van der Waals surface area contributed by atoms with Crippen molar-refractivity contribution in [1.82, 2.24) is 4.90 Å². The van der Waals surface area contributed by atoms with Gasteiger partial charge in [-0.2, -0.15) is 0 Å². The van der Waals surface area contributed by atoms with Crippen LogP contribution in [0.4, 0.5) is 4.39 Å². The van der Waals surface area contributed by atoms with Gasteiger partial charge in [0, 0.05) is 13.2 Å². The lowest BCUT2D eigenvalue weighted by Gasteiger charge is -2.25. The molecule has 7 heteroatoms. The van der Waals surface area contributed by atoms with Gasteiger partial charge in [0.15, 0.2) is 5.43 Å². The number of nitrogens with zero attached hydrogens (tertiary/aromatic N) is 1. The number of halogens is 1. The van der Waals surface area contributed by atoms with E-state index >= 15 is 0 Å². The third kappa shape index (κ3) is 5.13. The predicted molar refractivity (Wildman–Crippen MR) is 138 cm³/mol. The minimum Gasteiger partial charge on any atom is -0.489 e. The Balaban J connectivity index is 1.48. The van der Waals surface area contributed by atoms with Crippen LogP contribution in [0.15, 0.2) is 82.0 Å². The maximum Gasteiger partial charge on any atom is 0.290 e. The fourth-order valence-corrected chi connectivity index (χ4v) is 4.61. The molecule has 1 aromatic heterocycles.